The van der Waals surface area contributed by atoms with Gasteiger partial charge in [0.1, 0.15) is 28.4 Å². The van der Waals surface area contributed by atoms with Gasteiger partial charge in [-0.25, -0.2) is 15.0 Å². The Morgan fingerprint density at radius 1 is 0.316 bits per heavy atom. The minimum Gasteiger partial charge on any atom is -0.455 e. The third kappa shape index (κ3) is 6.11. The van der Waals surface area contributed by atoms with Gasteiger partial charge in [-0.3, -0.25) is 0 Å². The maximum Gasteiger partial charge on any atom is 0.166 e. The molecule has 79 heavy (non-hydrogen) atoms. The van der Waals surface area contributed by atoms with Crippen LogP contribution in [0.5, 0.6) is 0 Å². The average molecular weight is 1010 g/mol. The highest BCUT2D eigenvalue weighted by molar-refractivity contribution is 6.26. The molecule has 0 radical (unpaired) electrons. The Morgan fingerprint density at radius 3 is 1.18 bits per heavy atom. The van der Waals surface area contributed by atoms with Gasteiger partial charge >= 0.3 is 0 Å². The highest BCUT2D eigenvalue weighted by Gasteiger charge is 2.33. The fourth-order valence-electron chi connectivity index (χ4n) is 12.6. The van der Waals surface area contributed by atoms with Crippen LogP contribution in [0.15, 0.2) is 245 Å². The van der Waals surface area contributed by atoms with Crippen molar-refractivity contribution in [1.29, 1.82) is 5.26 Å². The van der Waals surface area contributed by atoms with Crippen molar-refractivity contribution in [3.8, 4) is 57.3 Å². The summed E-state index contributed by atoms with van der Waals surface area (Å²) in [4.78, 5) is 16.2. The van der Waals surface area contributed by atoms with Gasteiger partial charge in [0.05, 0.1) is 66.5 Å². The number of hydrogen-bond donors (Lipinski definition) is 0. The zero-order valence-electron chi connectivity index (χ0n) is 42.0. The first-order chi connectivity index (χ1) is 39.2. The van der Waals surface area contributed by atoms with E-state index in [1.54, 1.807) is 0 Å². The van der Waals surface area contributed by atoms with Crippen molar-refractivity contribution in [1.82, 2.24) is 28.7 Å². The number of fused-ring (bicyclic) bond motifs is 17. The summed E-state index contributed by atoms with van der Waals surface area (Å²) in [5, 5.41) is 22.4. The first-order valence-electron chi connectivity index (χ1n) is 26.3. The van der Waals surface area contributed by atoms with Gasteiger partial charge in [0.2, 0.25) is 0 Å². The first-order valence-corrected chi connectivity index (χ1v) is 26.3. The molecule has 0 aliphatic heterocycles. The van der Waals surface area contributed by atoms with Crippen LogP contribution >= 0.6 is 0 Å². The third-order valence-electron chi connectivity index (χ3n) is 15.9. The second-order valence-corrected chi connectivity index (χ2v) is 20.1. The second kappa shape index (κ2) is 16.5. The lowest BCUT2D eigenvalue weighted by molar-refractivity contribution is 0.672. The molecule has 17 rings (SSSR count). The average Bonchev–Trinajstić information content (AvgIpc) is 3.88. The quantitative estimate of drug-likeness (QED) is 0.164. The van der Waals surface area contributed by atoms with Crippen LogP contribution < -0.4 is 0 Å². The largest absolute Gasteiger partial charge is 0.455 e. The van der Waals surface area contributed by atoms with Gasteiger partial charge in [-0.15, -0.1) is 0 Å². The molecule has 6 heterocycles. The number of benzene rings is 11. The fourth-order valence-corrected chi connectivity index (χ4v) is 12.6. The maximum atomic E-state index is 12.2. The lowest BCUT2D eigenvalue weighted by Crippen LogP contribution is -2.13. The van der Waals surface area contributed by atoms with E-state index in [9.17, 15) is 5.26 Å². The molecule has 0 amide bonds. The molecule has 0 saturated heterocycles. The monoisotopic (exact) mass is 1010 g/mol. The van der Waals surface area contributed by atoms with E-state index < -0.39 is 0 Å². The molecule has 366 valence electrons. The third-order valence-corrected chi connectivity index (χ3v) is 15.9. The van der Waals surface area contributed by atoms with E-state index >= 15 is 0 Å². The Kier molecular flexibility index (Phi) is 9.00. The van der Waals surface area contributed by atoms with Crippen LogP contribution in [0.2, 0.25) is 0 Å². The molecule has 9 heteroatoms. The zero-order chi connectivity index (χ0) is 51.9. The lowest BCUT2D eigenvalue weighted by Gasteiger charge is -2.25. The number of hydrogen-bond acceptors (Lipinski definition) is 6. The van der Waals surface area contributed by atoms with Crippen LogP contribution in [0.1, 0.15) is 5.56 Å². The van der Waals surface area contributed by atoms with E-state index in [2.05, 4.69) is 165 Å². The van der Waals surface area contributed by atoms with E-state index in [1.165, 1.54) is 0 Å². The number of para-hydroxylation sites is 6. The Balaban J connectivity index is 1.14. The molecule has 0 N–H and O–H groups in total. The Labute approximate surface area is 449 Å². The van der Waals surface area contributed by atoms with Crippen LogP contribution in [0, 0.1) is 11.3 Å². The molecule has 17 aromatic rings. The SMILES string of the molecule is N#Cc1cc(-c2nc(-c3ccccc3)nc(-c3ccccc3)n2)c(-n2c3ccccc3c3c4oc5ccccc5c4ccc32)c(-n2c3ccccc3c3ccccc32)c1-n1c2ccccc2c2c3oc4ccccc4c3ccc21. The zero-order valence-corrected chi connectivity index (χ0v) is 42.0. The van der Waals surface area contributed by atoms with Gasteiger partial charge in [-0.05, 0) is 66.7 Å². The van der Waals surface area contributed by atoms with E-state index in [0.29, 0.717) is 34.3 Å². The predicted molar refractivity (Wildman–Crippen MR) is 318 cm³/mol. The van der Waals surface area contributed by atoms with Crippen LogP contribution in [0.3, 0.4) is 0 Å². The van der Waals surface area contributed by atoms with Crippen LogP contribution in [0.4, 0.5) is 0 Å². The summed E-state index contributed by atoms with van der Waals surface area (Å²) >= 11 is 0. The van der Waals surface area contributed by atoms with E-state index in [4.69, 9.17) is 23.8 Å². The first kappa shape index (κ1) is 43.2. The fraction of sp³-hybridized carbons (Fsp3) is 0. The summed E-state index contributed by atoms with van der Waals surface area (Å²) in [7, 11) is 0. The summed E-state index contributed by atoms with van der Waals surface area (Å²) < 4.78 is 20.8. The molecule has 0 spiro atoms. The standard InChI is InChI=1S/C70H39N7O2/c71-40-43-39-52(70-73-68(41-19-3-1-4-20-41)72-69(74-70)42-21-5-2-6-22-42)64(77-56-32-16-10-28-51(56)62-58(77)38-36-49-47-26-12-18-34-60(47)79-67(49)62)65(75-53-29-13-7-23-44(53)45-24-8-14-30-54(45)75)63(43)76-55-31-15-9-27-50(55)61-57(76)37-35-48-46-25-11-17-33-59(46)78-66(48)61/h1-39H. The number of nitriles is 1. The highest BCUT2D eigenvalue weighted by Crippen LogP contribution is 2.50. The summed E-state index contributed by atoms with van der Waals surface area (Å²) in [5.41, 5.74) is 13.6. The van der Waals surface area contributed by atoms with Crippen molar-refractivity contribution in [2.75, 3.05) is 0 Å². The Bertz CT molecular complexity index is 5350. The van der Waals surface area contributed by atoms with Crippen molar-refractivity contribution in [3.05, 3.63) is 242 Å². The lowest BCUT2D eigenvalue weighted by atomic mass is 10.0. The summed E-state index contributed by atoms with van der Waals surface area (Å²) in [5.74, 6) is 1.40. The molecule has 0 fully saturated rings. The Hall–Kier alpha value is -11.1. The summed E-state index contributed by atoms with van der Waals surface area (Å²) in [6.45, 7) is 0. The molecule has 0 saturated carbocycles. The number of nitrogens with zero attached hydrogens (tertiary/aromatic N) is 7. The molecule has 6 aromatic heterocycles. The minimum atomic E-state index is 0.398. The molecule has 0 aliphatic carbocycles. The van der Waals surface area contributed by atoms with Crippen LogP contribution in [-0.4, -0.2) is 28.7 Å². The molecule has 0 bridgehead atoms. The minimum absolute atomic E-state index is 0.398. The normalized spacial score (nSPS) is 12.0. The van der Waals surface area contributed by atoms with Crippen molar-refractivity contribution >= 4 is 109 Å². The number of aromatic nitrogens is 6. The van der Waals surface area contributed by atoms with Crippen molar-refractivity contribution in [2.24, 2.45) is 0 Å². The molecule has 0 aliphatic rings. The molecular weight excluding hydrogens is 971 g/mol. The van der Waals surface area contributed by atoms with Crippen molar-refractivity contribution < 1.29 is 8.83 Å². The van der Waals surface area contributed by atoms with Gasteiger partial charge < -0.3 is 22.5 Å². The number of furan rings is 2. The molecule has 0 atom stereocenters. The van der Waals surface area contributed by atoms with Gasteiger partial charge in [-0.2, -0.15) is 5.26 Å². The Morgan fingerprint density at radius 2 is 0.696 bits per heavy atom. The highest BCUT2D eigenvalue weighted by atomic mass is 16.3. The molecule has 9 nitrogen and oxygen atoms in total. The predicted octanol–water partition coefficient (Wildman–Crippen LogP) is 17.8. The van der Waals surface area contributed by atoms with E-state index in [0.717, 1.165) is 132 Å². The molecule has 0 unspecified atom stereocenters. The van der Waals surface area contributed by atoms with Gasteiger partial charge in [-0.1, -0.05) is 170 Å². The van der Waals surface area contributed by atoms with Gasteiger partial charge in [0.15, 0.2) is 17.5 Å². The van der Waals surface area contributed by atoms with Crippen molar-refractivity contribution in [2.45, 2.75) is 0 Å². The van der Waals surface area contributed by atoms with E-state index in [-0.39, 0.29) is 0 Å². The maximum absolute atomic E-state index is 12.2. The second-order valence-electron chi connectivity index (χ2n) is 20.1. The van der Waals surface area contributed by atoms with Crippen LogP contribution in [0.25, 0.3) is 161 Å². The van der Waals surface area contributed by atoms with Crippen LogP contribution in [-0.2, 0) is 0 Å². The molecular formula is C70H39N7O2. The van der Waals surface area contributed by atoms with E-state index in [1.807, 2.05) is 91.0 Å². The number of rotatable bonds is 6. The van der Waals surface area contributed by atoms with Gasteiger partial charge in [0.25, 0.3) is 0 Å². The summed E-state index contributed by atoms with van der Waals surface area (Å²) in [6, 6.07) is 84.2. The van der Waals surface area contributed by atoms with Crippen molar-refractivity contribution in [3.63, 3.8) is 0 Å². The molecule has 11 aromatic carbocycles. The summed E-state index contributed by atoms with van der Waals surface area (Å²) in [6.07, 6.45) is 0. The smallest absolute Gasteiger partial charge is 0.166 e. The van der Waals surface area contributed by atoms with Gasteiger partial charge in [0, 0.05) is 59.8 Å². The topological polar surface area (TPSA) is 104 Å².